The van der Waals surface area contributed by atoms with E-state index in [4.69, 9.17) is 5.73 Å². The summed E-state index contributed by atoms with van der Waals surface area (Å²) in [4.78, 5) is 16.5. The van der Waals surface area contributed by atoms with Crippen LogP contribution < -0.4 is 11.3 Å². The van der Waals surface area contributed by atoms with E-state index in [9.17, 15) is 9.90 Å². The summed E-state index contributed by atoms with van der Waals surface area (Å²) >= 11 is 0. The van der Waals surface area contributed by atoms with E-state index in [2.05, 4.69) is 4.98 Å². The summed E-state index contributed by atoms with van der Waals surface area (Å²) < 4.78 is 1.51. The Morgan fingerprint density at radius 2 is 2.18 bits per heavy atom. The minimum atomic E-state index is -0.465. The lowest BCUT2D eigenvalue weighted by atomic mass is 10.2. The van der Waals surface area contributed by atoms with Crippen molar-refractivity contribution in [2.75, 3.05) is 0 Å². The molecule has 2 aromatic rings. The minimum absolute atomic E-state index is 0.103. The van der Waals surface area contributed by atoms with Crippen molar-refractivity contribution in [3.05, 3.63) is 34.4 Å². The van der Waals surface area contributed by atoms with Crippen LogP contribution in [0.5, 0.6) is 5.75 Å². The smallest absolute Gasteiger partial charge is 0.261 e. The predicted molar refractivity (Wildman–Crippen MR) is 63.7 cm³/mol. The van der Waals surface area contributed by atoms with Crippen LogP contribution in [-0.4, -0.2) is 14.7 Å². The lowest BCUT2D eigenvalue weighted by Crippen LogP contribution is -2.32. The lowest BCUT2D eigenvalue weighted by molar-refractivity contribution is 0.476. The molecule has 17 heavy (non-hydrogen) atoms. The number of rotatable bonds is 1. The van der Waals surface area contributed by atoms with Gasteiger partial charge in [0.2, 0.25) is 0 Å². The van der Waals surface area contributed by atoms with Crippen LogP contribution in [0.3, 0.4) is 0 Å². The van der Waals surface area contributed by atoms with Gasteiger partial charge in [-0.15, -0.1) is 0 Å². The van der Waals surface area contributed by atoms with Crippen LogP contribution in [-0.2, 0) is 12.6 Å². The van der Waals surface area contributed by atoms with E-state index in [1.807, 2.05) is 0 Å². The van der Waals surface area contributed by atoms with Gasteiger partial charge in [0.1, 0.15) is 11.6 Å². The zero-order valence-electron chi connectivity index (χ0n) is 9.47. The first-order valence-electron chi connectivity index (χ1n) is 5.50. The van der Waals surface area contributed by atoms with Gasteiger partial charge >= 0.3 is 0 Å². The maximum atomic E-state index is 12.1. The molecule has 0 saturated heterocycles. The van der Waals surface area contributed by atoms with Crippen LogP contribution in [0.25, 0.3) is 10.9 Å². The molecule has 5 nitrogen and oxygen atoms in total. The monoisotopic (exact) mass is 231 g/mol. The predicted octanol–water partition coefficient (Wildman–Crippen LogP) is 0.587. The number of phenolic OH excluding ortho intramolecular Hbond substituents is 1. The summed E-state index contributed by atoms with van der Waals surface area (Å²) in [5, 5.41) is 9.92. The highest BCUT2D eigenvalue weighted by molar-refractivity contribution is 5.79. The maximum Gasteiger partial charge on any atom is 0.261 e. The quantitative estimate of drug-likeness (QED) is 0.752. The highest BCUT2D eigenvalue weighted by Crippen LogP contribution is 2.41. The zero-order valence-corrected chi connectivity index (χ0v) is 9.47. The van der Waals surface area contributed by atoms with Crippen molar-refractivity contribution in [3.8, 4) is 5.75 Å². The molecule has 1 aliphatic carbocycles. The van der Waals surface area contributed by atoms with Crippen LogP contribution in [0.2, 0.25) is 0 Å². The van der Waals surface area contributed by atoms with E-state index in [-0.39, 0.29) is 11.3 Å². The Bertz CT molecular complexity index is 671. The number of aromatic hydroxyl groups is 1. The van der Waals surface area contributed by atoms with Gasteiger partial charge in [-0.05, 0) is 25.0 Å². The molecule has 88 valence electrons. The second-order valence-electron chi connectivity index (χ2n) is 4.66. The number of hydrogen-bond acceptors (Lipinski definition) is 4. The van der Waals surface area contributed by atoms with Gasteiger partial charge in [-0.3, -0.25) is 9.36 Å². The number of aromatic nitrogens is 2. The van der Waals surface area contributed by atoms with Gasteiger partial charge in [-0.1, -0.05) is 0 Å². The Morgan fingerprint density at radius 1 is 1.47 bits per heavy atom. The normalized spacial score (nSPS) is 17.3. The van der Waals surface area contributed by atoms with E-state index < -0.39 is 5.54 Å². The van der Waals surface area contributed by atoms with Crippen molar-refractivity contribution in [1.82, 2.24) is 9.55 Å². The van der Waals surface area contributed by atoms with Crippen molar-refractivity contribution >= 4 is 10.9 Å². The Morgan fingerprint density at radius 3 is 2.82 bits per heavy atom. The third-order valence-electron chi connectivity index (χ3n) is 3.29. The second kappa shape index (κ2) is 3.07. The van der Waals surface area contributed by atoms with E-state index in [1.165, 1.54) is 16.7 Å². The molecular weight excluding hydrogens is 218 g/mol. The topological polar surface area (TPSA) is 81.1 Å². The third kappa shape index (κ3) is 1.43. The molecule has 0 atom stereocenters. The fraction of sp³-hybridized carbons (Fsp3) is 0.333. The molecule has 1 fully saturated rings. The highest BCUT2D eigenvalue weighted by Gasteiger charge is 2.43. The molecule has 1 aliphatic rings. The van der Waals surface area contributed by atoms with Crippen LogP contribution >= 0.6 is 0 Å². The molecule has 1 heterocycles. The molecule has 0 spiro atoms. The number of nitrogens with zero attached hydrogens (tertiary/aromatic N) is 2. The zero-order chi connectivity index (χ0) is 12.2. The Kier molecular flexibility index (Phi) is 1.86. The fourth-order valence-electron chi connectivity index (χ4n) is 2.06. The molecule has 0 amide bonds. The van der Waals surface area contributed by atoms with E-state index in [0.717, 1.165) is 12.8 Å². The summed E-state index contributed by atoms with van der Waals surface area (Å²) in [5.41, 5.74) is 5.99. The second-order valence-corrected chi connectivity index (χ2v) is 4.66. The van der Waals surface area contributed by atoms with Crippen LogP contribution in [0.4, 0.5) is 0 Å². The summed E-state index contributed by atoms with van der Waals surface area (Å²) in [7, 11) is 1.68. The molecule has 1 aromatic heterocycles. The van der Waals surface area contributed by atoms with Crippen molar-refractivity contribution in [3.63, 3.8) is 0 Å². The molecule has 0 aliphatic heterocycles. The van der Waals surface area contributed by atoms with E-state index in [1.54, 1.807) is 13.1 Å². The van der Waals surface area contributed by atoms with Crippen LogP contribution in [0, 0.1) is 0 Å². The lowest BCUT2D eigenvalue weighted by Gasteiger charge is -2.14. The molecule has 1 aromatic carbocycles. The maximum absolute atomic E-state index is 12.1. The number of fused-ring (bicyclic) bond motifs is 1. The molecule has 1 saturated carbocycles. The number of nitrogens with two attached hydrogens (primary N) is 1. The standard InChI is InChI=1S/C12H13N3O2/c1-15-10(17)8-3-2-7(16)6-9(8)14-11(15)12(13)4-5-12/h2-3,6,16H,4-5,13H2,1H3. The molecule has 3 rings (SSSR count). The van der Waals surface area contributed by atoms with Gasteiger partial charge in [-0.25, -0.2) is 4.98 Å². The molecular formula is C12H13N3O2. The molecule has 5 heteroatoms. The van der Waals surface area contributed by atoms with Gasteiger partial charge in [0, 0.05) is 13.1 Å². The first-order valence-corrected chi connectivity index (χ1v) is 5.50. The molecule has 0 unspecified atom stereocenters. The summed E-state index contributed by atoms with van der Waals surface area (Å²) in [5.74, 6) is 0.701. The van der Waals surface area contributed by atoms with Gasteiger partial charge < -0.3 is 10.8 Å². The Hall–Kier alpha value is -1.88. The molecule has 0 radical (unpaired) electrons. The van der Waals surface area contributed by atoms with Gasteiger partial charge in [0.05, 0.1) is 16.4 Å². The van der Waals surface area contributed by atoms with E-state index >= 15 is 0 Å². The average molecular weight is 231 g/mol. The van der Waals surface area contributed by atoms with Crippen molar-refractivity contribution in [2.45, 2.75) is 18.4 Å². The summed E-state index contributed by atoms with van der Waals surface area (Å²) in [6.45, 7) is 0. The summed E-state index contributed by atoms with van der Waals surface area (Å²) in [6.07, 6.45) is 1.69. The largest absolute Gasteiger partial charge is 0.508 e. The Labute approximate surface area is 97.5 Å². The van der Waals surface area contributed by atoms with Gasteiger partial charge in [0.15, 0.2) is 0 Å². The van der Waals surface area contributed by atoms with Crippen LogP contribution in [0.1, 0.15) is 18.7 Å². The summed E-state index contributed by atoms with van der Waals surface area (Å²) in [6, 6.07) is 4.56. The molecule has 0 bridgehead atoms. The SMILES string of the molecule is Cn1c(C2(N)CC2)nc2cc(O)ccc2c1=O. The van der Waals surface area contributed by atoms with Crippen molar-refractivity contribution in [1.29, 1.82) is 0 Å². The number of hydrogen-bond donors (Lipinski definition) is 2. The first kappa shape index (κ1) is 10.3. The number of benzene rings is 1. The van der Waals surface area contributed by atoms with Gasteiger partial charge in [0.25, 0.3) is 5.56 Å². The highest BCUT2D eigenvalue weighted by atomic mass is 16.3. The Balaban J connectivity index is 2.39. The fourth-order valence-corrected chi connectivity index (χ4v) is 2.06. The number of phenols is 1. The third-order valence-corrected chi connectivity index (χ3v) is 3.29. The van der Waals surface area contributed by atoms with Gasteiger partial charge in [-0.2, -0.15) is 0 Å². The average Bonchev–Trinajstić information content (AvgIpc) is 3.02. The van der Waals surface area contributed by atoms with E-state index in [0.29, 0.717) is 16.7 Å². The van der Waals surface area contributed by atoms with Crippen LogP contribution in [0.15, 0.2) is 23.0 Å². The van der Waals surface area contributed by atoms with Crippen molar-refractivity contribution < 1.29 is 5.11 Å². The molecule has 3 N–H and O–H groups in total. The minimum Gasteiger partial charge on any atom is -0.508 e. The first-order chi connectivity index (χ1) is 8.01. The van der Waals surface area contributed by atoms with Crippen molar-refractivity contribution in [2.24, 2.45) is 12.8 Å².